The van der Waals surface area contributed by atoms with E-state index in [2.05, 4.69) is 9.89 Å². The van der Waals surface area contributed by atoms with Gasteiger partial charge in [-0.1, -0.05) is 81.4 Å². The molecule has 4 aromatic rings. The number of aromatic nitrogens is 1. The first-order valence-corrected chi connectivity index (χ1v) is 21.6. The molecule has 0 spiro atoms. The van der Waals surface area contributed by atoms with E-state index in [9.17, 15) is 18.3 Å². The predicted octanol–water partition coefficient (Wildman–Crippen LogP) is 8.60. The fraction of sp³-hybridized carbons (Fsp3) is 0.405. The molecule has 1 saturated carbocycles. The van der Waals surface area contributed by atoms with Crippen molar-refractivity contribution in [3.05, 3.63) is 106 Å². The minimum absolute atomic E-state index is 0.0319. The average Bonchev–Trinajstić information content (AvgIpc) is 3.55. The number of aliphatic hydroxyl groups is 1. The topological polar surface area (TPSA) is 147 Å². The number of alkyl halides is 3. The first kappa shape index (κ1) is 40.1. The van der Waals surface area contributed by atoms with E-state index in [-0.39, 0.29) is 71.4 Å². The molecule has 302 valence electrons. The maximum atomic E-state index is 15.7. The van der Waals surface area contributed by atoms with Crippen LogP contribution in [0.25, 0.3) is 5.76 Å². The summed E-state index contributed by atoms with van der Waals surface area (Å²) in [5.74, 6) is -4.67. The Balaban J connectivity index is 1.44. The highest BCUT2D eigenvalue weighted by Crippen LogP contribution is 2.60. The number of nitrogens with two attached hydrogens (primary N) is 1. The van der Waals surface area contributed by atoms with Crippen molar-refractivity contribution in [3.63, 3.8) is 0 Å². The highest BCUT2D eigenvalue weighted by molar-refractivity contribution is 6.74. The van der Waals surface area contributed by atoms with Crippen LogP contribution >= 0.6 is 0 Å². The monoisotopic (exact) mass is 805 g/mol. The number of hydrogen-bond acceptors (Lipinski definition) is 11. The molecule has 4 atom stereocenters. The van der Waals surface area contributed by atoms with Gasteiger partial charge in [0.25, 0.3) is 5.88 Å². The van der Waals surface area contributed by atoms with Crippen LogP contribution in [0.1, 0.15) is 71.6 Å². The molecule has 3 aromatic carbocycles. The predicted molar refractivity (Wildman–Crippen MR) is 207 cm³/mol. The van der Waals surface area contributed by atoms with Gasteiger partial charge in [-0.3, -0.25) is 14.5 Å². The van der Waals surface area contributed by atoms with Crippen molar-refractivity contribution < 1.29 is 51.0 Å². The smallest absolute Gasteiger partial charge is 0.507 e. The van der Waals surface area contributed by atoms with Gasteiger partial charge in [0.15, 0.2) is 25.4 Å². The minimum atomic E-state index is -5.10. The first-order chi connectivity index (χ1) is 26.7. The standard InChI is InChI=1S/C42H46F3N3O8Si/c1-40(2,3)57(6,7)56-41-27(33(48(4)5)36-32(38(41)51)39(47-55-36)53-22-24-16-12-9-13-17-24)19-25-18-26-29(54-42(43,44)45)20-28(46)35(31(26)34(49)30(25)37(41)50)52-21-23-14-10-8-11-15-23/h8-17,20,25,27,33,49H,18-19,21-22,46H2,1-7H3/t25-,27-,33-,41-/m0/s1. The molecule has 3 N–H and O–H groups in total. The van der Waals surface area contributed by atoms with E-state index in [1.165, 1.54) is 0 Å². The molecule has 1 heterocycles. The number of carbonyl (C=O) groups excluding carboxylic acids is 2. The molecule has 3 aliphatic rings. The van der Waals surface area contributed by atoms with Gasteiger partial charge in [-0.15, -0.1) is 13.2 Å². The van der Waals surface area contributed by atoms with E-state index < -0.39 is 66.3 Å². The first-order valence-electron chi connectivity index (χ1n) is 18.7. The van der Waals surface area contributed by atoms with E-state index in [1.54, 1.807) is 43.3 Å². The molecule has 0 unspecified atom stereocenters. The van der Waals surface area contributed by atoms with Gasteiger partial charge in [-0.2, -0.15) is 0 Å². The van der Waals surface area contributed by atoms with E-state index in [0.29, 0.717) is 0 Å². The number of benzene rings is 3. The number of nitrogen functional groups attached to an aromatic ring is 1. The SMILES string of the molecule is CN(C)[C@@H]1c2onc(OCc3ccccc3)c2C(=O)[C@@]2(O[Si](C)(C)C(C)(C)C)C(=O)C3=C(O)c4c(c(OC(F)(F)F)cc(N)c4OCc4ccccc4)C[C@H]3C[C@@H]12. The number of anilines is 1. The lowest BCUT2D eigenvalue weighted by Crippen LogP contribution is -2.68. The van der Waals surface area contributed by atoms with Crippen molar-refractivity contribution in [2.75, 3.05) is 19.8 Å². The van der Waals surface area contributed by atoms with Crippen LogP contribution in [-0.4, -0.2) is 61.1 Å². The van der Waals surface area contributed by atoms with Crippen LogP contribution in [0, 0.1) is 11.8 Å². The fourth-order valence-electron chi connectivity index (χ4n) is 8.10. The van der Waals surface area contributed by atoms with Gasteiger partial charge in [0.2, 0.25) is 11.6 Å². The number of hydrogen-bond donors (Lipinski definition) is 2. The Kier molecular flexibility index (Phi) is 10.1. The molecular weight excluding hydrogens is 760 g/mol. The lowest BCUT2D eigenvalue weighted by Gasteiger charge is -2.55. The van der Waals surface area contributed by atoms with Crippen LogP contribution in [0.15, 0.2) is 76.8 Å². The largest absolute Gasteiger partial charge is 0.573 e. The number of aliphatic hydroxyl groups excluding tert-OH is 1. The molecule has 7 rings (SSSR count). The molecule has 0 bridgehead atoms. The Morgan fingerprint density at radius 1 is 0.947 bits per heavy atom. The highest BCUT2D eigenvalue weighted by atomic mass is 28.4. The summed E-state index contributed by atoms with van der Waals surface area (Å²) >= 11 is 0. The third-order valence-electron chi connectivity index (χ3n) is 11.7. The number of ketones is 2. The summed E-state index contributed by atoms with van der Waals surface area (Å²) in [5, 5.41) is 16.1. The Hall–Kier alpha value is -5.12. The van der Waals surface area contributed by atoms with Gasteiger partial charge < -0.3 is 34.0 Å². The molecule has 0 radical (unpaired) electrons. The number of halogens is 3. The molecule has 0 saturated heterocycles. The summed E-state index contributed by atoms with van der Waals surface area (Å²) in [7, 11) is 0.491. The lowest BCUT2D eigenvalue weighted by atomic mass is 9.57. The maximum Gasteiger partial charge on any atom is 0.573 e. The molecule has 1 fully saturated rings. The Bertz CT molecular complexity index is 2230. The summed E-state index contributed by atoms with van der Waals surface area (Å²) in [6.07, 6.45) is -5.25. The number of carbonyl (C=O) groups is 2. The van der Waals surface area contributed by atoms with Gasteiger partial charge in [0, 0.05) is 23.1 Å². The zero-order valence-corrected chi connectivity index (χ0v) is 33.8. The molecule has 11 nitrogen and oxygen atoms in total. The van der Waals surface area contributed by atoms with Crippen LogP contribution in [0.3, 0.4) is 0 Å². The van der Waals surface area contributed by atoms with Crippen LogP contribution < -0.4 is 19.9 Å². The van der Waals surface area contributed by atoms with Crippen LogP contribution in [0.4, 0.5) is 18.9 Å². The van der Waals surface area contributed by atoms with Crippen molar-refractivity contribution >= 4 is 31.3 Å². The fourth-order valence-corrected chi connectivity index (χ4v) is 9.54. The number of nitrogens with zero attached hydrogens (tertiary/aromatic N) is 2. The summed E-state index contributed by atoms with van der Waals surface area (Å²) in [6, 6.07) is 18.5. The highest BCUT2D eigenvalue weighted by Gasteiger charge is 2.69. The number of Topliss-reactive ketones (excluding diaryl/α,β-unsaturated/α-hetero) is 2. The van der Waals surface area contributed by atoms with Crippen molar-refractivity contribution in [2.45, 2.75) is 83.0 Å². The zero-order valence-electron chi connectivity index (χ0n) is 32.8. The maximum absolute atomic E-state index is 15.7. The molecule has 0 amide bonds. The average molecular weight is 806 g/mol. The van der Waals surface area contributed by atoms with Crippen molar-refractivity contribution in [3.8, 4) is 17.4 Å². The van der Waals surface area contributed by atoms with Crippen molar-refractivity contribution in [2.24, 2.45) is 11.8 Å². The molecule has 57 heavy (non-hydrogen) atoms. The Morgan fingerprint density at radius 2 is 1.54 bits per heavy atom. The second kappa shape index (κ2) is 14.4. The second-order valence-corrected chi connectivity index (χ2v) is 21.4. The third kappa shape index (κ3) is 6.99. The van der Waals surface area contributed by atoms with Gasteiger partial charge in [-0.05, 0) is 67.3 Å². The van der Waals surface area contributed by atoms with Crippen LogP contribution in [0.5, 0.6) is 17.4 Å². The lowest BCUT2D eigenvalue weighted by molar-refractivity contribution is -0.275. The van der Waals surface area contributed by atoms with Gasteiger partial charge in [0.05, 0.1) is 17.3 Å². The molecular formula is C42H46F3N3O8Si. The number of rotatable bonds is 10. The van der Waals surface area contributed by atoms with E-state index in [4.69, 9.17) is 24.2 Å². The van der Waals surface area contributed by atoms with Gasteiger partial charge >= 0.3 is 6.36 Å². The summed E-state index contributed by atoms with van der Waals surface area (Å²) in [5.41, 5.74) is 4.96. The van der Waals surface area contributed by atoms with E-state index in [0.717, 1.165) is 17.2 Å². The van der Waals surface area contributed by atoms with E-state index in [1.807, 2.05) is 70.3 Å². The van der Waals surface area contributed by atoms with Crippen molar-refractivity contribution in [1.82, 2.24) is 10.1 Å². The van der Waals surface area contributed by atoms with Crippen LogP contribution in [0.2, 0.25) is 18.1 Å². The van der Waals surface area contributed by atoms with Crippen LogP contribution in [-0.2, 0) is 28.9 Å². The molecule has 1 aromatic heterocycles. The van der Waals surface area contributed by atoms with Crippen molar-refractivity contribution in [1.29, 1.82) is 0 Å². The Labute approximate surface area is 329 Å². The zero-order chi connectivity index (χ0) is 41.2. The van der Waals surface area contributed by atoms with E-state index >= 15 is 9.59 Å². The summed E-state index contributed by atoms with van der Waals surface area (Å²) in [4.78, 5) is 33.0. The Morgan fingerprint density at radius 3 is 2.11 bits per heavy atom. The quantitative estimate of drug-likeness (QED) is 0.0903. The third-order valence-corrected chi connectivity index (χ3v) is 16.2. The number of fused-ring (bicyclic) bond motifs is 4. The molecule has 3 aliphatic carbocycles. The minimum Gasteiger partial charge on any atom is -0.507 e. The summed E-state index contributed by atoms with van der Waals surface area (Å²) in [6.45, 7) is 9.78. The normalized spacial score (nSPS) is 22.1. The second-order valence-electron chi connectivity index (χ2n) is 16.6. The molecule has 15 heteroatoms. The van der Waals surface area contributed by atoms with Gasteiger partial charge in [-0.25, -0.2) is 0 Å². The van der Waals surface area contributed by atoms with Gasteiger partial charge in [0.1, 0.15) is 30.3 Å². The number of ether oxygens (including phenoxy) is 3. The molecule has 0 aliphatic heterocycles. The summed E-state index contributed by atoms with van der Waals surface area (Å²) < 4.78 is 71.5.